The predicted octanol–water partition coefficient (Wildman–Crippen LogP) is 4.51. The van der Waals surface area contributed by atoms with E-state index in [2.05, 4.69) is 16.4 Å². The van der Waals surface area contributed by atoms with Gasteiger partial charge < -0.3 is 9.64 Å². The lowest BCUT2D eigenvalue weighted by Gasteiger charge is -2.21. The molecule has 0 saturated carbocycles. The minimum Gasteiger partial charge on any atom is -0.377 e. The summed E-state index contributed by atoms with van der Waals surface area (Å²) in [6.45, 7) is 3.87. The highest BCUT2D eigenvalue weighted by Crippen LogP contribution is 2.26. The third-order valence-electron chi connectivity index (χ3n) is 4.13. The zero-order valence-electron chi connectivity index (χ0n) is 14.9. The molecule has 138 valence electrons. The van der Waals surface area contributed by atoms with Gasteiger partial charge in [-0.2, -0.15) is 0 Å². The molecule has 0 radical (unpaired) electrons. The Hall–Kier alpha value is -1.89. The molecular weight excluding hydrogens is 370 g/mol. The third-order valence-corrected chi connectivity index (χ3v) is 5.44. The molecule has 0 saturated heterocycles. The molecule has 26 heavy (non-hydrogen) atoms. The van der Waals surface area contributed by atoms with E-state index in [4.69, 9.17) is 16.3 Å². The van der Waals surface area contributed by atoms with Gasteiger partial charge in [-0.05, 0) is 36.6 Å². The Balaban J connectivity index is 1.61. The average Bonchev–Trinajstić information content (AvgIpc) is 2.95. The molecule has 1 aliphatic heterocycles. The number of anilines is 1. The van der Waals surface area contributed by atoms with Crippen LogP contribution < -0.4 is 5.32 Å². The van der Waals surface area contributed by atoms with Crippen molar-refractivity contribution in [3.8, 4) is 0 Å². The lowest BCUT2D eigenvalue weighted by molar-refractivity contribution is 0.145. The second kappa shape index (κ2) is 8.66. The highest BCUT2D eigenvalue weighted by Gasteiger charge is 2.15. The fourth-order valence-corrected chi connectivity index (χ4v) is 3.96. The van der Waals surface area contributed by atoms with Crippen LogP contribution in [-0.2, 0) is 11.2 Å². The highest BCUT2D eigenvalue weighted by molar-refractivity contribution is 7.15. The van der Waals surface area contributed by atoms with Crippen molar-refractivity contribution >= 4 is 34.1 Å². The first-order valence-corrected chi connectivity index (χ1v) is 9.69. The molecule has 5 nitrogen and oxygen atoms in total. The Morgan fingerprint density at radius 3 is 3.04 bits per heavy atom. The van der Waals surface area contributed by atoms with Crippen LogP contribution >= 0.6 is 22.9 Å². The molecule has 1 aliphatic rings. The predicted molar refractivity (Wildman–Crippen MR) is 106 cm³/mol. The van der Waals surface area contributed by atoms with Crippen LogP contribution in [0, 0.1) is 6.92 Å². The number of hydrogen-bond acceptors (Lipinski definition) is 4. The van der Waals surface area contributed by atoms with Crippen LogP contribution in [0.2, 0.25) is 5.02 Å². The summed E-state index contributed by atoms with van der Waals surface area (Å²) in [6.07, 6.45) is 3.80. The first-order chi connectivity index (χ1) is 12.5. The molecule has 0 spiro atoms. The number of nitrogens with one attached hydrogen (secondary N) is 1. The lowest BCUT2D eigenvalue weighted by atomic mass is 10.1. The fraction of sp³-hybridized carbons (Fsp3) is 0.368. The van der Waals surface area contributed by atoms with Gasteiger partial charge in [-0.15, -0.1) is 11.3 Å². The summed E-state index contributed by atoms with van der Waals surface area (Å²) in [7, 11) is 1.78. The van der Waals surface area contributed by atoms with Crippen molar-refractivity contribution in [2.45, 2.75) is 19.8 Å². The van der Waals surface area contributed by atoms with E-state index in [9.17, 15) is 4.79 Å². The van der Waals surface area contributed by atoms with E-state index in [1.54, 1.807) is 11.9 Å². The summed E-state index contributed by atoms with van der Waals surface area (Å²) in [5, 5.41) is 4.23. The van der Waals surface area contributed by atoms with E-state index >= 15 is 0 Å². The molecule has 0 unspecified atom stereocenters. The maximum Gasteiger partial charge on any atom is 0.323 e. The van der Waals surface area contributed by atoms with Gasteiger partial charge in [0.15, 0.2) is 5.13 Å². The standard InChI is InChI=1S/C19H22ClN3O2S/c1-13-17(10-14-5-3-7-16(20)9-14)26-18(21-13)22-19(24)23(2)11-15-6-4-8-25-12-15/h3,5-7,9H,4,8,10-12H2,1-2H3,(H,21,22,24). The number of urea groups is 1. The van der Waals surface area contributed by atoms with Crippen molar-refractivity contribution < 1.29 is 9.53 Å². The number of benzene rings is 1. The second-order valence-electron chi connectivity index (χ2n) is 6.32. The van der Waals surface area contributed by atoms with E-state index in [0.717, 1.165) is 46.2 Å². The Morgan fingerprint density at radius 1 is 1.46 bits per heavy atom. The van der Waals surface area contributed by atoms with Crippen LogP contribution in [-0.4, -0.2) is 42.7 Å². The van der Waals surface area contributed by atoms with E-state index in [1.807, 2.05) is 31.2 Å². The van der Waals surface area contributed by atoms with E-state index in [1.165, 1.54) is 11.3 Å². The number of carbonyl (C=O) groups excluding carboxylic acids is 1. The fourth-order valence-electron chi connectivity index (χ4n) is 2.76. The SMILES string of the molecule is Cc1nc(NC(=O)N(C)CC2=CCCOC2)sc1Cc1cccc(Cl)c1. The number of amides is 2. The van der Waals surface area contributed by atoms with E-state index in [0.29, 0.717) is 18.3 Å². The zero-order chi connectivity index (χ0) is 18.5. The van der Waals surface area contributed by atoms with Gasteiger partial charge in [0.2, 0.25) is 0 Å². The number of thiazole rings is 1. The summed E-state index contributed by atoms with van der Waals surface area (Å²) in [5.41, 5.74) is 3.19. The lowest BCUT2D eigenvalue weighted by Crippen LogP contribution is -2.34. The van der Waals surface area contributed by atoms with Crippen LogP contribution in [0.3, 0.4) is 0 Å². The van der Waals surface area contributed by atoms with Crippen molar-refractivity contribution in [2.75, 3.05) is 32.1 Å². The number of aromatic nitrogens is 1. The van der Waals surface area contributed by atoms with Gasteiger partial charge in [0.1, 0.15) is 0 Å². The molecule has 7 heteroatoms. The van der Waals surface area contributed by atoms with Gasteiger partial charge >= 0.3 is 6.03 Å². The van der Waals surface area contributed by atoms with Crippen LogP contribution in [0.5, 0.6) is 0 Å². The Bertz CT molecular complexity index is 819. The van der Waals surface area contributed by atoms with Crippen molar-refractivity contribution in [3.05, 3.63) is 57.1 Å². The van der Waals surface area contributed by atoms with Crippen molar-refractivity contribution in [2.24, 2.45) is 0 Å². The maximum atomic E-state index is 12.4. The second-order valence-corrected chi connectivity index (χ2v) is 7.84. The molecule has 2 heterocycles. The molecule has 1 N–H and O–H groups in total. The van der Waals surface area contributed by atoms with Gasteiger partial charge in [0.05, 0.1) is 18.9 Å². The van der Waals surface area contributed by atoms with Crippen LogP contribution in [0.15, 0.2) is 35.9 Å². The molecule has 2 aromatic rings. The first-order valence-electron chi connectivity index (χ1n) is 8.50. The number of aryl methyl sites for hydroxylation is 1. The molecule has 0 atom stereocenters. The number of halogens is 1. The summed E-state index contributed by atoms with van der Waals surface area (Å²) in [4.78, 5) is 19.7. The van der Waals surface area contributed by atoms with Gasteiger partial charge in [-0.1, -0.05) is 29.8 Å². The first kappa shape index (κ1) is 18.9. The molecule has 0 aliphatic carbocycles. The number of hydrogen-bond donors (Lipinski definition) is 1. The van der Waals surface area contributed by atoms with Gasteiger partial charge in [0.25, 0.3) is 0 Å². The number of ether oxygens (including phenoxy) is 1. The summed E-state index contributed by atoms with van der Waals surface area (Å²) >= 11 is 7.55. The zero-order valence-corrected chi connectivity index (χ0v) is 16.5. The average molecular weight is 392 g/mol. The third kappa shape index (κ3) is 5.06. The minimum atomic E-state index is -0.167. The molecule has 3 rings (SSSR count). The number of carbonyl (C=O) groups is 1. The monoisotopic (exact) mass is 391 g/mol. The summed E-state index contributed by atoms with van der Waals surface area (Å²) in [6, 6.07) is 7.62. The quantitative estimate of drug-likeness (QED) is 0.763. The number of rotatable bonds is 5. The van der Waals surface area contributed by atoms with E-state index < -0.39 is 0 Å². The van der Waals surface area contributed by atoms with Crippen LogP contribution in [0.4, 0.5) is 9.93 Å². The van der Waals surface area contributed by atoms with Gasteiger partial charge in [0, 0.05) is 29.9 Å². The molecule has 1 aromatic carbocycles. The molecular formula is C19H22ClN3O2S. The molecule has 0 fully saturated rings. The van der Waals surface area contributed by atoms with Gasteiger partial charge in [-0.3, -0.25) is 5.32 Å². The van der Waals surface area contributed by atoms with Crippen molar-refractivity contribution in [3.63, 3.8) is 0 Å². The molecule has 1 aromatic heterocycles. The van der Waals surface area contributed by atoms with Crippen LogP contribution in [0.1, 0.15) is 22.6 Å². The Labute approximate surface area is 162 Å². The van der Waals surface area contributed by atoms with Crippen molar-refractivity contribution in [1.29, 1.82) is 0 Å². The smallest absolute Gasteiger partial charge is 0.323 e. The largest absolute Gasteiger partial charge is 0.377 e. The summed E-state index contributed by atoms with van der Waals surface area (Å²) in [5.74, 6) is 0. The maximum absolute atomic E-state index is 12.4. The van der Waals surface area contributed by atoms with Gasteiger partial charge in [-0.25, -0.2) is 9.78 Å². The number of nitrogens with zero attached hydrogens (tertiary/aromatic N) is 2. The topological polar surface area (TPSA) is 54.5 Å². The van der Waals surface area contributed by atoms with Crippen LogP contribution in [0.25, 0.3) is 0 Å². The number of likely N-dealkylation sites (N-methyl/N-ethyl adjacent to an activating group) is 1. The Morgan fingerprint density at radius 2 is 2.31 bits per heavy atom. The molecule has 2 amide bonds. The normalized spacial score (nSPS) is 14.0. The van der Waals surface area contributed by atoms with Crippen molar-refractivity contribution in [1.82, 2.24) is 9.88 Å². The molecule has 0 bridgehead atoms. The van der Waals surface area contributed by atoms with E-state index in [-0.39, 0.29) is 6.03 Å². The highest BCUT2D eigenvalue weighted by atomic mass is 35.5. The minimum absolute atomic E-state index is 0.167. The summed E-state index contributed by atoms with van der Waals surface area (Å²) < 4.78 is 5.42. The Kier molecular flexibility index (Phi) is 6.29.